The minimum Gasteiger partial charge on any atom is -0.401 e. The Hall–Kier alpha value is -0.450. The van der Waals surface area contributed by atoms with Crippen molar-refractivity contribution in [3.63, 3.8) is 0 Å². The molecule has 86 valence electrons. The number of piperidine rings is 1. The molecule has 0 amide bonds. The fourth-order valence-corrected chi connectivity index (χ4v) is 2.04. The molecular weight excluding hydrogens is 208 g/mol. The molecule has 0 spiro atoms. The summed E-state index contributed by atoms with van der Waals surface area (Å²) in [5.74, 6) is 0.485. The first-order valence-electron chi connectivity index (χ1n) is 5.41. The van der Waals surface area contributed by atoms with Crippen molar-refractivity contribution in [2.45, 2.75) is 19.8 Å². The van der Waals surface area contributed by atoms with Crippen molar-refractivity contribution < 1.29 is 5.11 Å². The fourth-order valence-electron chi connectivity index (χ4n) is 1.89. The Balaban J connectivity index is 2.32. The molecule has 0 aromatic carbocycles. The normalized spacial score (nSPS) is 20.5. The van der Waals surface area contributed by atoms with E-state index in [0.29, 0.717) is 12.5 Å². The van der Waals surface area contributed by atoms with E-state index in [1.54, 1.807) is 0 Å². The van der Waals surface area contributed by atoms with Crippen LogP contribution in [0.2, 0.25) is 0 Å². The number of allylic oxidation sites excluding steroid dienone is 1. The third-order valence-corrected chi connectivity index (χ3v) is 2.88. The summed E-state index contributed by atoms with van der Waals surface area (Å²) in [6, 6.07) is 0. The summed E-state index contributed by atoms with van der Waals surface area (Å²) in [5, 5.41) is 9.01. The Kier molecular flexibility index (Phi) is 5.22. The number of hydrogen-bond donors (Lipinski definition) is 2. The van der Waals surface area contributed by atoms with Gasteiger partial charge < -0.3 is 10.8 Å². The van der Waals surface area contributed by atoms with Gasteiger partial charge in [0.05, 0.1) is 0 Å². The molecule has 1 fully saturated rings. The van der Waals surface area contributed by atoms with E-state index in [0.717, 1.165) is 43.0 Å². The van der Waals surface area contributed by atoms with Gasteiger partial charge in [-0.25, -0.2) is 0 Å². The summed E-state index contributed by atoms with van der Waals surface area (Å²) < 4.78 is 0. The van der Waals surface area contributed by atoms with E-state index in [1.165, 1.54) is 0 Å². The van der Waals surface area contributed by atoms with E-state index in [4.69, 9.17) is 23.1 Å². The van der Waals surface area contributed by atoms with Gasteiger partial charge in [0, 0.05) is 23.7 Å². The molecule has 0 radical (unpaired) electrons. The minimum atomic E-state index is 0.318. The van der Waals surface area contributed by atoms with Crippen LogP contribution >= 0.6 is 12.2 Å². The average molecular weight is 228 g/mol. The highest BCUT2D eigenvalue weighted by Crippen LogP contribution is 2.16. The van der Waals surface area contributed by atoms with Gasteiger partial charge in [0.1, 0.15) is 0 Å². The molecule has 3 N–H and O–H groups in total. The number of aliphatic hydroxyl groups excluding tert-OH is 1. The predicted molar refractivity (Wildman–Crippen MR) is 66.8 cm³/mol. The van der Waals surface area contributed by atoms with Gasteiger partial charge in [-0.2, -0.15) is 0 Å². The molecule has 1 aliphatic rings. The second-order valence-corrected chi connectivity index (χ2v) is 4.88. The number of thiocarbonyl (C=S) groups is 1. The van der Waals surface area contributed by atoms with Gasteiger partial charge in [0.25, 0.3) is 0 Å². The van der Waals surface area contributed by atoms with Crippen LogP contribution in [0.3, 0.4) is 0 Å². The first kappa shape index (κ1) is 12.6. The van der Waals surface area contributed by atoms with Crippen LogP contribution in [0.5, 0.6) is 0 Å². The standard InChI is InChI=1S/C11H20N2OS/c1-9(15)6-11(12)7-13-4-2-10(8-14)3-5-13/h6,10,14H,2-5,7-8,12H2,1H3/b11-6-. The quantitative estimate of drug-likeness (QED) is 0.555. The van der Waals surface area contributed by atoms with Crippen molar-refractivity contribution in [2.75, 3.05) is 26.2 Å². The third-order valence-electron chi connectivity index (χ3n) is 2.76. The number of aliphatic hydroxyl groups is 1. The largest absolute Gasteiger partial charge is 0.401 e. The molecule has 1 aliphatic heterocycles. The van der Waals surface area contributed by atoms with Crippen LogP contribution in [0.25, 0.3) is 0 Å². The zero-order valence-electron chi connectivity index (χ0n) is 9.28. The number of nitrogens with zero attached hydrogens (tertiary/aromatic N) is 1. The van der Waals surface area contributed by atoms with Crippen molar-refractivity contribution in [3.8, 4) is 0 Å². The Bertz CT molecular complexity index is 245. The maximum Gasteiger partial charge on any atom is 0.0460 e. The molecule has 0 unspecified atom stereocenters. The minimum absolute atomic E-state index is 0.318. The SMILES string of the molecule is CC(=S)/C=C(\N)CN1CCC(CO)CC1. The van der Waals surface area contributed by atoms with Gasteiger partial charge in [0.15, 0.2) is 0 Å². The lowest BCUT2D eigenvalue weighted by Gasteiger charge is -2.30. The summed E-state index contributed by atoms with van der Waals surface area (Å²) in [7, 11) is 0. The number of hydrogen-bond acceptors (Lipinski definition) is 4. The van der Waals surface area contributed by atoms with Gasteiger partial charge in [-0.1, -0.05) is 12.2 Å². The van der Waals surface area contributed by atoms with Crippen LogP contribution in [0.4, 0.5) is 0 Å². The number of likely N-dealkylation sites (tertiary alicyclic amines) is 1. The molecule has 0 atom stereocenters. The van der Waals surface area contributed by atoms with Crippen LogP contribution < -0.4 is 5.73 Å². The lowest BCUT2D eigenvalue weighted by atomic mass is 9.98. The van der Waals surface area contributed by atoms with E-state index in [2.05, 4.69) is 4.90 Å². The second-order valence-electron chi connectivity index (χ2n) is 4.23. The maximum absolute atomic E-state index is 9.01. The smallest absolute Gasteiger partial charge is 0.0460 e. The highest BCUT2D eigenvalue weighted by molar-refractivity contribution is 7.80. The molecule has 0 bridgehead atoms. The van der Waals surface area contributed by atoms with Crippen molar-refractivity contribution in [1.82, 2.24) is 4.90 Å². The maximum atomic E-state index is 9.01. The van der Waals surface area contributed by atoms with Crippen LogP contribution in [-0.4, -0.2) is 41.1 Å². The van der Waals surface area contributed by atoms with Crippen LogP contribution in [-0.2, 0) is 0 Å². The Labute approximate surface area is 96.9 Å². The van der Waals surface area contributed by atoms with Crippen molar-refractivity contribution in [1.29, 1.82) is 0 Å². The van der Waals surface area contributed by atoms with E-state index < -0.39 is 0 Å². The fraction of sp³-hybridized carbons (Fsp3) is 0.727. The monoisotopic (exact) mass is 228 g/mol. The molecule has 4 heteroatoms. The summed E-state index contributed by atoms with van der Waals surface area (Å²) in [4.78, 5) is 3.15. The van der Waals surface area contributed by atoms with Crippen LogP contribution in [0, 0.1) is 5.92 Å². The van der Waals surface area contributed by atoms with Crippen molar-refractivity contribution in [2.24, 2.45) is 11.7 Å². The first-order chi connectivity index (χ1) is 7.11. The summed E-state index contributed by atoms with van der Waals surface area (Å²) >= 11 is 4.97. The molecular formula is C11H20N2OS. The average Bonchev–Trinajstić information content (AvgIpc) is 2.17. The number of rotatable bonds is 4. The molecule has 3 nitrogen and oxygen atoms in total. The predicted octanol–water partition coefficient (Wildman–Crippen LogP) is 0.923. The highest BCUT2D eigenvalue weighted by atomic mass is 32.1. The van der Waals surface area contributed by atoms with Gasteiger partial charge in [0.2, 0.25) is 0 Å². The molecule has 0 saturated carbocycles. The zero-order chi connectivity index (χ0) is 11.3. The van der Waals surface area contributed by atoms with Crippen molar-refractivity contribution in [3.05, 3.63) is 11.8 Å². The van der Waals surface area contributed by atoms with E-state index >= 15 is 0 Å². The third kappa shape index (κ3) is 4.73. The molecule has 1 saturated heterocycles. The highest BCUT2D eigenvalue weighted by Gasteiger charge is 2.18. The molecule has 15 heavy (non-hydrogen) atoms. The lowest BCUT2D eigenvalue weighted by Crippen LogP contribution is -2.37. The first-order valence-corrected chi connectivity index (χ1v) is 5.82. The summed E-state index contributed by atoms with van der Waals surface area (Å²) in [6.07, 6.45) is 3.99. The molecule has 0 aromatic heterocycles. The Morgan fingerprint density at radius 2 is 2.13 bits per heavy atom. The van der Waals surface area contributed by atoms with Crippen molar-refractivity contribution >= 4 is 17.1 Å². The molecule has 1 rings (SSSR count). The van der Waals surface area contributed by atoms with Gasteiger partial charge in [-0.15, -0.1) is 0 Å². The van der Waals surface area contributed by atoms with E-state index in [1.807, 2.05) is 13.0 Å². The van der Waals surface area contributed by atoms with E-state index in [-0.39, 0.29) is 0 Å². The van der Waals surface area contributed by atoms with E-state index in [9.17, 15) is 0 Å². The van der Waals surface area contributed by atoms with Gasteiger partial charge in [-0.05, 0) is 44.8 Å². The summed E-state index contributed by atoms with van der Waals surface area (Å²) in [5.41, 5.74) is 6.69. The van der Waals surface area contributed by atoms with Gasteiger partial charge in [-0.3, -0.25) is 4.90 Å². The summed E-state index contributed by atoms with van der Waals surface area (Å²) in [6.45, 7) is 5.04. The Morgan fingerprint density at radius 3 is 2.60 bits per heavy atom. The van der Waals surface area contributed by atoms with Gasteiger partial charge >= 0.3 is 0 Å². The topological polar surface area (TPSA) is 49.5 Å². The molecule has 0 aliphatic carbocycles. The second kappa shape index (κ2) is 6.20. The Morgan fingerprint density at radius 1 is 1.53 bits per heavy atom. The lowest BCUT2D eigenvalue weighted by molar-refractivity contribution is 0.137. The zero-order valence-corrected chi connectivity index (χ0v) is 10.1. The molecule has 1 heterocycles. The van der Waals surface area contributed by atoms with Crippen LogP contribution in [0.1, 0.15) is 19.8 Å². The number of nitrogens with two attached hydrogens (primary N) is 1. The molecule has 0 aromatic rings. The van der Waals surface area contributed by atoms with Crippen LogP contribution in [0.15, 0.2) is 11.8 Å².